The summed E-state index contributed by atoms with van der Waals surface area (Å²) in [6.07, 6.45) is 1.05. The standard InChI is InChI=1S/C13H19N3O2/c1-3-9-7-12(18)16-13(14-9)15-10-6-8(2)4-5-11(10)17/h4-6,9,13-15,17H,3,7H2,1-2H3,(H,16,18). The van der Waals surface area contributed by atoms with Crippen LogP contribution in [0.5, 0.6) is 5.75 Å². The summed E-state index contributed by atoms with van der Waals surface area (Å²) in [6.45, 7) is 3.99. The highest BCUT2D eigenvalue weighted by Gasteiger charge is 2.24. The maximum Gasteiger partial charge on any atom is 0.224 e. The minimum atomic E-state index is -0.344. The van der Waals surface area contributed by atoms with Crippen LogP contribution in [0.25, 0.3) is 0 Å². The first kappa shape index (κ1) is 12.7. The van der Waals surface area contributed by atoms with Gasteiger partial charge in [0.2, 0.25) is 5.91 Å². The Morgan fingerprint density at radius 2 is 2.28 bits per heavy atom. The largest absolute Gasteiger partial charge is 0.506 e. The molecular formula is C13H19N3O2. The van der Waals surface area contributed by atoms with Crippen molar-refractivity contribution in [3.8, 4) is 5.75 Å². The first-order valence-corrected chi connectivity index (χ1v) is 6.20. The topological polar surface area (TPSA) is 73.4 Å². The normalized spacial score (nSPS) is 23.6. The molecular weight excluding hydrogens is 230 g/mol. The monoisotopic (exact) mass is 249 g/mol. The SMILES string of the molecule is CCC1CC(=O)NC(Nc2cc(C)ccc2O)N1. The molecule has 0 aromatic heterocycles. The van der Waals surface area contributed by atoms with Crippen LogP contribution < -0.4 is 16.0 Å². The zero-order chi connectivity index (χ0) is 13.1. The van der Waals surface area contributed by atoms with Crippen molar-refractivity contribution < 1.29 is 9.90 Å². The number of aromatic hydroxyl groups is 1. The third-order valence-corrected chi connectivity index (χ3v) is 3.08. The molecule has 0 bridgehead atoms. The van der Waals surface area contributed by atoms with E-state index in [-0.39, 0.29) is 24.0 Å². The van der Waals surface area contributed by atoms with Gasteiger partial charge < -0.3 is 15.7 Å². The second kappa shape index (κ2) is 5.27. The van der Waals surface area contributed by atoms with Crippen LogP contribution in [-0.2, 0) is 4.79 Å². The second-order valence-corrected chi connectivity index (χ2v) is 4.64. The molecule has 0 aliphatic carbocycles. The van der Waals surface area contributed by atoms with Crippen molar-refractivity contribution in [1.29, 1.82) is 0 Å². The van der Waals surface area contributed by atoms with E-state index in [1.165, 1.54) is 0 Å². The molecule has 1 aromatic rings. The molecule has 1 aromatic carbocycles. The first-order chi connectivity index (χ1) is 8.58. The van der Waals surface area contributed by atoms with Crippen LogP contribution in [0.3, 0.4) is 0 Å². The zero-order valence-electron chi connectivity index (χ0n) is 10.7. The number of carbonyl (C=O) groups excluding carboxylic acids is 1. The van der Waals surface area contributed by atoms with Crippen LogP contribution in [0.4, 0.5) is 5.69 Å². The summed E-state index contributed by atoms with van der Waals surface area (Å²) in [5.41, 5.74) is 1.66. The molecule has 4 N–H and O–H groups in total. The quantitative estimate of drug-likeness (QED) is 0.609. The van der Waals surface area contributed by atoms with Crippen molar-refractivity contribution >= 4 is 11.6 Å². The molecule has 5 heteroatoms. The van der Waals surface area contributed by atoms with Gasteiger partial charge in [0.1, 0.15) is 5.75 Å². The summed E-state index contributed by atoms with van der Waals surface area (Å²) in [7, 11) is 0. The number of phenolic OH excluding ortho intramolecular Hbond substituents is 1. The van der Waals surface area contributed by atoms with Crippen molar-refractivity contribution in [2.24, 2.45) is 0 Å². The summed E-state index contributed by atoms with van der Waals surface area (Å²) in [6, 6.07) is 5.49. The summed E-state index contributed by atoms with van der Waals surface area (Å²) in [5, 5.41) is 18.9. The van der Waals surface area contributed by atoms with Gasteiger partial charge in [-0.1, -0.05) is 13.0 Å². The molecule has 1 saturated heterocycles. The Morgan fingerprint density at radius 1 is 1.50 bits per heavy atom. The predicted molar refractivity (Wildman–Crippen MR) is 70.2 cm³/mol. The highest BCUT2D eigenvalue weighted by atomic mass is 16.3. The minimum absolute atomic E-state index is 0.0187. The molecule has 1 aliphatic rings. The van der Waals surface area contributed by atoms with Crippen LogP contribution in [0, 0.1) is 6.92 Å². The van der Waals surface area contributed by atoms with Crippen molar-refractivity contribution in [2.75, 3.05) is 5.32 Å². The number of nitrogens with one attached hydrogen (secondary N) is 3. The van der Waals surface area contributed by atoms with Gasteiger partial charge in [-0.3, -0.25) is 10.1 Å². The fourth-order valence-corrected chi connectivity index (χ4v) is 2.04. The van der Waals surface area contributed by atoms with E-state index in [0.29, 0.717) is 12.1 Å². The number of hydrogen-bond acceptors (Lipinski definition) is 4. The van der Waals surface area contributed by atoms with Gasteiger partial charge in [-0.25, -0.2) is 0 Å². The van der Waals surface area contributed by atoms with Gasteiger partial charge in [-0.05, 0) is 31.0 Å². The molecule has 18 heavy (non-hydrogen) atoms. The Balaban J connectivity index is 2.08. The van der Waals surface area contributed by atoms with Gasteiger partial charge in [-0.15, -0.1) is 0 Å². The van der Waals surface area contributed by atoms with Crippen LogP contribution in [0.15, 0.2) is 18.2 Å². The number of amides is 1. The smallest absolute Gasteiger partial charge is 0.224 e. The van der Waals surface area contributed by atoms with E-state index < -0.39 is 0 Å². The molecule has 1 fully saturated rings. The van der Waals surface area contributed by atoms with E-state index in [4.69, 9.17) is 0 Å². The maximum absolute atomic E-state index is 11.5. The van der Waals surface area contributed by atoms with E-state index in [9.17, 15) is 9.90 Å². The zero-order valence-corrected chi connectivity index (χ0v) is 10.7. The van der Waals surface area contributed by atoms with Gasteiger partial charge in [0.25, 0.3) is 0 Å². The minimum Gasteiger partial charge on any atom is -0.506 e. The number of phenols is 1. The highest BCUT2D eigenvalue weighted by molar-refractivity contribution is 5.78. The average molecular weight is 249 g/mol. The fraction of sp³-hybridized carbons (Fsp3) is 0.462. The Bertz CT molecular complexity index is 448. The Morgan fingerprint density at radius 3 is 3.00 bits per heavy atom. The van der Waals surface area contributed by atoms with Crippen LogP contribution >= 0.6 is 0 Å². The maximum atomic E-state index is 11.5. The molecule has 1 amide bonds. The van der Waals surface area contributed by atoms with Crippen molar-refractivity contribution in [2.45, 2.75) is 39.0 Å². The Kier molecular flexibility index (Phi) is 3.72. The van der Waals surface area contributed by atoms with Crippen molar-refractivity contribution in [3.05, 3.63) is 23.8 Å². The lowest BCUT2D eigenvalue weighted by molar-refractivity contribution is -0.124. The van der Waals surface area contributed by atoms with E-state index in [1.807, 2.05) is 26.0 Å². The van der Waals surface area contributed by atoms with Gasteiger partial charge in [0, 0.05) is 12.5 Å². The lowest BCUT2D eigenvalue weighted by Gasteiger charge is -2.32. The molecule has 1 heterocycles. The average Bonchev–Trinajstić information content (AvgIpc) is 2.33. The molecule has 0 spiro atoms. The molecule has 2 rings (SSSR count). The number of hydrogen-bond donors (Lipinski definition) is 4. The summed E-state index contributed by atoms with van der Waals surface area (Å²) < 4.78 is 0. The van der Waals surface area contributed by atoms with Gasteiger partial charge in [-0.2, -0.15) is 0 Å². The number of anilines is 1. The number of carbonyl (C=O) groups is 1. The number of aryl methyl sites for hydroxylation is 1. The molecule has 0 radical (unpaired) electrons. The fourth-order valence-electron chi connectivity index (χ4n) is 2.04. The lowest BCUT2D eigenvalue weighted by atomic mass is 10.1. The first-order valence-electron chi connectivity index (χ1n) is 6.20. The molecule has 2 unspecified atom stereocenters. The van der Waals surface area contributed by atoms with Gasteiger partial charge in [0.05, 0.1) is 5.69 Å². The third-order valence-electron chi connectivity index (χ3n) is 3.08. The van der Waals surface area contributed by atoms with Gasteiger partial charge in [0.15, 0.2) is 6.29 Å². The Labute approximate surface area is 107 Å². The highest BCUT2D eigenvalue weighted by Crippen LogP contribution is 2.24. The van der Waals surface area contributed by atoms with E-state index in [0.717, 1.165) is 12.0 Å². The van der Waals surface area contributed by atoms with Crippen molar-refractivity contribution in [1.82, 2.24) is 10.6 Å². The third kappa shape index (κ3) is 2.92. The predicted octanol–water partition coefficient (Wildman–Crippen LogP) is 1.28. The van der Waals surface area contributed by atoms with Gasteiger partial charge >= 0.3 is 0 Å². The Hall–Kier alpha value is -1.75. The molecule has 2 atom stereocenters. The molecule has 5 nitrogen and oxygen atoms in total. The lowest BCUT2D eigenvalue weighted by Crippen LogP contribution is -2.59. The van der Waals surface area contributed by atoms with E-state index >= 15 is 0 Å². The second-order valence-electron chi connectivity index (χ2n) is 4.64. The summed E-state index contributed by atoms with van der Waals surface area (Å²) >= 11 is 0. The van der Waals surface area contributed by atoms with E-state index in [1.54, 1.807) is 6.07 Å². The number of rotatable bonds is 3. The van der Waals surface area contributed by atoms with Crippen LogP contribution in [-0.4, -0.2) is 23.3 Å². The number of benzene rings is 1. The van der Waals surface area contributed by atoms with Crippen molar-refractivity contribution in [3.63, 3.8) is 0 Å². The summed E-state index contributed by atoms with van der Waals surface area (Å²) in [5.74, 6) is 0.195. The van der Waals surface area contributed by atoms with Crippen LogP contribution in [0.2, 0.25) is 0 Å². The molecule has 98 valence electrons. The van der Waals surface area contributed by atoms with Crippen LogP contribution in [0.1, 0.15) is 25.3 Å². The summed E-state index contributed by atoms with van der Waals surface area (Å²) in [4.78, 5) is 11.5. The van der Waals surface area contributed by atoms with E-state index in [2.05, 4.69) is 16.0 Å². The molecule has 0 saturated carbocycles. The molecule has 1 aliphatic heterocycles.